The molecule has 3 heterocycles. The average molecular weight is 563 g/mol. The summed E-state index contributed by atoms with van der Waals surface area (Å²) in [5, 5.41) is 6.16. The number of ether oxygens (including phenoxy) is 1. The van der Waals surface area contributed by atoms with E-state index in [4.69, 9.17) is 16.3 Å². The second-order valence-electron chi connectivity index (χ2n) is 10.1. The fraction of sp³-hybridized carbons (Fsp3) is 0.444. The van der Waals surface area contributed by atoms with Gasteiger partial charge in [-0.15, -0.1) is 0 Å². The molecule has 39 heavy (non-hydrogen) atoms. The van der Waals surface area contributed by atoms with E-state index in [-0.39, 0.29) is 40.0 Å². The highest BCUT2D eigenvalue weighted by Crippen LogP contribution is 2.34. The Bertz CT molecular complexity index is 1380. The molecule has 2 atom stereocenters. The number of likely N-dealkylation sites (N-methyl/N-ethyl adjacent to an activating group) is 1. The van der Waals surface area contributed by atoms with Gasteiger partial charge in [-0.3, -0.25) is 4.79 Å². The predicted octanol–water partition coefficient (Wildman–Crippen LogP) is 5.02. The summed E-state index contributed by atoms with van der Waals surface area (Å²) in [6.45, 7) is 3.20. The lowest BCUT2D eigenvalue weighted by Crippen LogP contribution is -2.51. The highest BCUT2D eigenvalue weighted by Gasteiger charge is 2.33. The number of nitrogens with one attached hydrogen (secondary N) is 2. The Kier molecular flexibility index (Phi) is 7.73. The van der Waals surface area contributed by atoms with Crippen molar-refractivity contribution in [1.29, 1.82) is 0 Å². The van der Waals surface area contributed by atoms with Crippen LogP contribution in [-0.2, 0) is 4.79 Å². The number of hydrogen-bond donors (Lipinski definition) is 2. The molecule has 0 aliphatic carbocycles. The van der Waals surface area contributed by atoms with Crippen LogP contribution in [0.1, 0.15) is 32.6 Å². The number of carbonyl (C=O) groups is 1. The fourth-order valence-corrected chi connectivity index (χ4v) is 5.48. The van der Waals surface area contributed by atoms with Gasteiger partial charge in [0.2, 0.25) is 11.9 Å². The number of fused-ring (bicyclic) bond motifs is 1. The molecule has 1 amide bonds. The number of amides is 1. The number of halogens is 4. The van der Waals surface area contributed by atoms with Crippen molar-refractivity contribution < 1.29 is 22.7 Å². The SMILES string of the molecule is COc1cc2nc(N3CCC(N(C)C(=O)C4CCC(C)N4)CC3)nc(Nc3c(F)cc(Cl)cc3F)c2cc1F. The van der Waals surface area contributed by atoms with Crippen molar-refractivity contribution in [2.45, 2.75) is 50.7 Å². The van der Waals surface area contributed by atoms with Crippen LogP contribution in [0.15, 0.2) is 24.3 Å². The summed E-state index contributed by atoms with van der Waals surface area (Å²) < 4.78 is 48.9. The molecule has 2 N–H and O–H groups in total. The summed E-state index contributed by atoms with van der Waals surface area (Å²) >= 11 is 5.77. The van der Waals surface area contributed by atoms with Crippen LogP contribution in [0, 0.1) is 17.5 Å². The lowest BCUT2D eigenvalue weighted by molar-refractivity contribution is -0.134. The molecular weight excluding hydrogens is 533 g/mol. The number of aromatic nitrogens is 2. The fourth-order valence-electron chi connectivity index (χ4n) is 5.29. The summed E-state index contributed by atoms with van der Waals surface area (Å²) in [6, 6.07) is 4.79. The van der Waals surface area contributed by atoms with Crippen LogP contribution in [0.4, 0.5) is 30.6 Å². The molecule has 0 bridgehead atoms. The third kappa shape index (κ3) is 5.56. The number of methoxy groups -OCH3 is 1. The van der Waals surface area contributed by atoms with Crippen molar-refractivity contribution in [2.24, 2.45) is 0 Å². The smallest absolute Gasteiger partial charge is 0.239 e. The van der Waals surface area contributed by atoms with Crippen LogP contribution in [0.2, 0.25) is 5.02 Å². The van der Waals surface area contributed by atoms with Crippen molar-refractivity contribution in [2.75, 3.05) is 37.5 Å². The van der Waals surface area contributed by atoms with Crippen molar-refractivity contribution in [3.05, 3.63) is 46.7 Å². The first kappa shape index (κ1) is 27.3. The van der Waals surface area contributed by atoms with Crippen LogP contribution in [0.5, 0.6) is 5.75 Å². The van der Waals surface area contributed by atoms with Gasteiger partial charge < -0.3 is 25.2 Å². The van der Waals surface area contributed by atoms with E-state index in [9.17, 15) is 18.0 Å². The van der Waals surface area contributed by atoms with E-state index in [1.165, 1.54) is 13.2 Å². The molecule has 2 aliphatic heterocycles. The third-order valence-corrected chi connectivity index (χ3v) is 7.74. The summed E-state index contributed by atoms with van der Waals surface area (Å²) in [6.07, 6.45) is 3.21. The van der Waals surface area contributed by atoms with Gasteiger partial charge in [0.15, 0.2) is 23.2 Å². The number of rotatable bonds is 6. The minimum atomic E-state index is -0.915. The Morgan fingerprint density at radius 3 is 2.38 bits per heavy atom. The monoisotopic (exact) mass is 562 g/mol. The molecule has 12 heteroatoms. The molecule has 2 unspecified atom stereocenters. The van der Waals surface area contributed by atoms with Gasteiger partial charge in [-0.1, -0.05) is 11.6 Å². The van der Waals surface area contributed by atoms with Crippen molar-refractivity contribution >= 4 is 45.9 Å². The molecule has 0 spiro atoms. The van der Waals surface area contributed by atoms with E-state index in [0.29, 0.717) is 43.4 Å². The molecule has 0 saturated carbocycles. The van der Waals surface area contributed by atoms with Crippen molar-refractivity contribution in [3.63, 3.8) is 0 Å². The number of carbonyl (C=O) groups excluding carboxylic acids is 1. The minimum Gasteiger partial charge on any atom is -0.494 e. The molecule has 2 aromatic carbocycles. The van der Waals surface area contributed by atoms with Gasteiger partial charge in [0.25, 0.3) is 0 Å². The first-order valence-electron chi connectivity index (χ1n) is 12.9. The molecule has 2 fully saturated rings. The molecule has 1 aromatic heterocycles. The van der Waals surface area contributed by atoms with E-state index in [1.54, 1.807) is 0 Å². The number of nitrogens with zero attached hydrogens (tertiary/aromatic N) is 4. The largest absolute Gasteiger partial charge is 0.494 e. The van der Waals surface area contributed by atoms with Gasteiger partial charge in [-0.05, 0) is 50.8 Å². The van der Waals surface area contributed by atoms with Crippen LogP contribution < -0.4 is 20.3 Å². The maximum Gasteiger partial charge on any atom is 0.239 e. The Balaban J connectivity index is 1.41. The van der Waals surface area contributed by atoms with Gasteiger partial charge in [0, 0.05) is 48.7 Å². The molecular formula is C27H30ClF3N6O2. The molecule has 3 aromatic rings. The van der Waals surface area contributed by atoms with Gasteiger partial charge in [-0.25, -0.2) is 18.2 Å². The van der Waals surface area contributed by atoms with Crippen LogP contribution in [0.25, 0.3) is 10.9 Å². The second kappa shape index (κ2) is 11.1. The Labute approximate surface area is 229 Å². The zero-order valence-electron chi connectivity index (χ0n) is 21.9. The predicted molar refractivity (Wildman–Crippen MR) is 144 cm³/mol. The second-order valence-corrected chi connectivity index (χ2v) is 10.5. The van der Waals surface area contributed by atoms with Crippen LogP contribution >= 0.6 is 11.6 Å². The summed E-state index contributed by atoms with van der Waals surface area (Å²) in [7, 11) is 3.19. The molecule has 2 saturated heterocycles. The molecule has 8 nitrogen and oxygen atoms in total. The number of benzene rings is 2. The quantitative estimate of drug-likeness (QED) is 0.436. The van der Waals surface area contributed by atoms with Crippen LogP contribution in [-0.4, -0.2) is 66.1 Å². The van der Waals surface area contributed by atoms with E-state index < -0.39 is 23.1 Å². The summed E-state index contributed by atoms with van der Waals surface area (Å²) in [4.78, 5) is 25.9. The Hall–Kier alpha value is -3.31. The average Bonchev–Trinajstić information content (AvgIpc) is 3.35. The van der Waals surface area contributed by atoms with Gasteiger partial charge in [0.05, 0.1) is 18.7 Å². The first-order valence-corrected chi connectivity index (χ1v) is 13.3. The molecule has 5 rings (SSSR count). The summed E-state index contributed by atoms with van der Waals surface area (Å²) in [5.74, 6) is -2.06. The maximum absolute atomic E-state index is 14.6. The van der Waals surface area contributed by atoms with E-state index in [0.717, 1.165) is 31.0 Å². The van der Waals surface area contributed by atoms with Crippen LogP contribution in [0.3, 0.4) is 0 Å². The normalized spacial score (nSPS) is 19.9. The third-order valence-electron chi connectivity index (χ3n) is 7.52. The van der Waals surface area contributed by atoms with Crippen molar-refractivity contribution in [1.82, 2.24) is 20.2 Å². The van der Waals surface area contributed by atoms with Gasteiger partial charge >= 0.3 is 0 Å². The summed E-state index contributed by atoms with van der Waals surface area (Å²) in [5.41, 5.74) is -0.123. The lowest BCUT2D eigenvalue weighted by Gasteiger charge is -2.37. The van der Waals surface area contributed by atoms with Crippen molar-refractivity contribution in [3.8, 4) is 5.75 Å². The Morgan fingerprint density at radius 1 is 1.08 bits per heavy atom. The first-order chi connectivity index (χ1) is 18.6. The molecule has 2 aliphatic rings. The van der Waals surface area contributed by atoms with E-state index in [2.05, 4.69) is 27.5 Å². The minimum absolute atomic E-state index is 0.0179. The van der Waals surface area contributed by atoms with Gasteiger partial charge in [-0.2, -0.15) is 4.98 Å². The topological polar surface area (TPSA) is 82.6 Å². The maximum atomic E-state index is 14.6. The standard InChI is InChI=1S/C27H30ClF3N6O2/c1-14-4-5-21(32-14)26(38)36(2)16-6-8-37(9-7-16)27-33-22-13-23(39-3)18(29)12-17(22)25(35-27)34-24-19(30)10-15(28)11-20(24)31/h10-14,16,21,32H,4-9H2,1-3H3,(H,33,34,35). The lowest BCUT2D eigenvalue weighted by atomic mass is 10.0. The van der Waals surface area contributed by atoms with E-state index >= 15 is 0 Å². The molecule has 208 valence electrons. The highest BCUT2D eigenvalue weighted by molar-refractivity contribution is 6.30. The number of hydrogen-bond acceptors (Lipinski definition) is 7. The zero-order valence-corrected chi connectivity index (χ0v) is 22.7. The van der Waals surface area contributed by atoms with Gasteiger partial charge in [0.1, 0.15) is 11.5 Å². The Morgan fingerprint density at radius 2 is 1.77 bits per heavy atom. The zero-order chi connectivity index (χ0) is 27.8. The number of anilines is 3. The highest BCUT2D eigenvalue weighted by atomic mass is 35.5. The molecule has 0 radical (unpaired) electrons. The number of piperidine rings is 1. The van der Waals surface area contributed by atoms with E-state index in [1.807, 2.05) is 16.8 Å².